The van der Waals surface area contributed by atoms with Crippen LogP contribution in [0, 0.1) is 11.3 Å². The highest BCUT2D eigenvalue weighted by Gasteiger charge is 2.33. The molecule has 9 heteroatoms. The summed E-state index contributed by atoms with van der Waals surface area (Å²) >= 11 is 1.39. The maximum atomic E-state index is 12.3. The second-order valence-corrected chi connectivity index (χ2v) is 8.19. The Kier molecular flexibility index (Phi) is 5.10. The first kappa shape index (κ1) is 19.8. The molecule has 8 nitrogen and oxygen atoms in total. The Balaban J connectivity index is 1.41. The summed E-state index contributed by atoms with van der Waals surface area (Å²) < 4.78 is 5.05. The predicted octanol–water partition coefficient (Wildman–Crippen LogP) is 2.52. The number of hydrogen-bond donors (Lipinski definition) is 1. The standard InChI is InChI=1S/C21H17N3O5S/c1-24-19(26)13-7-6-11(8-14(13)20(24)27)21(28)29-10-17(25)23-18-15(9-22)12-4-2-3-5-16(12)30-18/h6-8H,2-5,10H2,1H3,(H,23,25). The Morgan fingerprint density at radius 3 is 2.70 bits per heavy atom. The smallest absolute Gasteiger partial charge is 0.338 e. The van der Waals surface area contributed by atoms with Crippen LogP contribution in [0.3, 0.4) is 0 Å². The zero-order valence-electron chi connectivity index (χ0n) is 16.1. The Bertz CT molecular complexity index is 1140. The summed E-state index contributed by atoms with van der Waals surface area (Å²) in [6.45, 7) is -0.532. The number of aryl methyl sites for hydroxylation is 1. The van der Waals surface area contributed by atoms with Gasteiger partial charge in [0.25, 0.3) is 17.7 Å². The minimum absolute atomic E-state index is 0.0716. The Hall–Kier alpha value is -3.51. The van der Waals surface area contributed by atoms with Crippen LogP contribution in [0.2, 0.25) is 0 Å². The van der Waals surface area contributed by atoms with Crippen molar-refractivity contribution in [2.75, 3.05) is 19.0 Å². The maximum Gasteiger partial charge on any atom is 0.338 e. The van der Waals surface area contributed by atoms with E-state index in [0.29, 0.717) is 10.6 Å². The molecule has 0 unspecified atom stereocenters. The van der Waals surface area contributed by atoms with Gasteiger partial charge in [0.15, 0.2) is 6.61 Å². The molecule has 1 aliphatic heterocycles. The minimum atomic E-state index is -0.784. The van der Waals surface area contributed by atoms with Gasteiger partial charge < -0.3 is 10.1 Å². The number of anilines is 1. The summed E-state index contributed by atoms with van der Waals surface area (Å²) in [5, 5.41) is 12.6. The molecule has 3 amide bonds. The van der Waals surface area contributed by atoms with Crippen molar-refractivity contribution < 1.29 is 23.9 Å². The highest BCUT2D eigenvalue weighted by Crippen LogP contribution is 2.37. The number of fused-ring (bicyclic) bond motifs is 2. The first-order chi connectivity index (χ1) is 14.4. The SMILES string of the molecule is CN1C(=O)c2ccc(C(=O)OCC(=O)Nc3sc4c(c3C#N)CCCC4)cc2C1=O. The first-order valence-corrected chi connectivity index (χ1v) is 10.2. The number of carbonyl (C=O) groups is 4. The van der Waals surface area contributed by atoms with Gasteiger partial charge in [-0.3, -0.25) is 19.3 Å². The lowest BCUT2D eigenvalue weighted by Gasteiger charge is -2.09. The number of esters is 1. The molecule has 2 aliphatic rings. The van der Waals surface area contributed by atoms with Gasteiger partial charge in [-0.05, 0) is 49.4 Å². The third kappa shape index (κ3) is 3.35. The normalized spacial score (nSPS) is 14.7. The number of ether oxygens (including phenoxy) is 1. The predicted molar refractivity (Wildman–Crippen MR) is 107 cm³/mol. The van der Waals surface area contributed by atoms with Crippen molar-refractivity contribution in [2.24, 2.45) is 0 Å². The first-order valence-electron chi connectivity index (χ1n) is 9.38. The van der Waals surface area contributed by atoms with Crippen LogP contribution in [0.15, 0.2) is 18.2 Å². The van der Waals surface area contributed by atoms with Gasteiger partial charge in [0.1, 0.15) is 11.1 Å². The fourth-order valence-corrected chi connectivity index (χ4v) is 4.89. The molecule has 30 heavy (non-hydrogen) atoms. The van der Waals surface area contributed by atoms with Gasteiger partial charge >= 0.3 is 5.97 Å². The fourth-order valence-electron chi connectivity index (χ4n) is 3.64. The van der Waals surface area contributed by atoms with Crippen LogP contribution in [0.5, 0.6) is 0 Å². The largest absolute Gasteiger partial charge is 0.452 e. The molecular formula is C21H17N3O5S. The minimum Gasteiger partial charge on any atom is -0.452 e. The Morgan fingerprint density at radius 2 is 1.93 bits per heavy atom. The molecule has 1 aliphatic carbocycles. The van der Waals surface area contributed by atoms with Crippen LogP contribution >= 0.6 is 11.3 Å². The average molecular weight is 423 g/mol. The van der Waals surface area contributed by atoms with E-state index < -0.39 is 30.3 Å². The summed E-state index contributed by atoms with van der Waals surface area (Å²) in [6.07, 6.45) is 3.81. The lowest BCUT2D eigenvalue weighted by atomic mass is 9.96. The molecule has 0 saturated carbocycles. The van der Waals surface area contributed by atoms with Crippen LogP contribution < -0.4 is 5.32 Å². The topological polar surface area (TPSA) is 117 Å². The molecule has 1 N–H and O–H groups in total. The van der Waals surface area contributed by atoms with Gasteiger partial charge in [-0.1, -0.05) is 0 Å². The molecule has 1 aromatic carbocycles. The number of hydrogen-bond acceptors (Lipinski definition) is 7. The van der Waals surface area contributed by atoms with Crippen LogP contribution in [0.25, 0.3) is 0 Å². The molecule has 152 valence electrons. The van der Waals surface area contributed by atoms with Crippen molar-refractivity contribution in [1.29, 1.82) is 5.26 Å². The van der Waals surface area contributed by atoms with E-state index in [9.17, 15) is 24.4 Å². The van der Waals surface area contributed by atoms with Gasteiger partial charge in [-0.25, -0.2) is 4.79 Å². The molecule has 0 bridgehead atoms. The molecule has 0 atom stereocenters. The summed E-state index contributed by atoms with van der Waals surface area (Å²) in [4.78, 5) is 50.6. The van der Waals surface area contributed by atoms with Crippen molar-refractivity contribution in [1.82, 2.24) is 4.90 Å². The van der Waals surface area contributed by atoms with Crippen molar-refractivity contribution in [3.63, 3.8) is 0 Å². The number of benzene rings is 1. The third-order valence-electron chi connectivity index (χ3n) is 5.20. The number of nitrogens with zero attached hydrogens (tertiary/aromatic N) is 2. The van der Waals surface area contributed by atoms with Crippen molar-refractivity contribution in [2.45, 2.75) is 25.7 Å². The lowest BCUT2D eigenvalue weighted by molar-refractivity contribution is -0.119. The summed E-state index contributed by atoms with van der Waals surface area (Å²) in [5.41, 5.74) is 1.91. The second kappa shape index (κ2) is 7.72. The van der Waals surface area contributed by atoms with Crippen molar-refractivity contribution in [3.8, 4) is 6.07 Å². The van der Waals surface area contributed by atoms with Crippen molar-refractivity contribution >= 4 is 40.0 Å². The molecule has 1 aromatic heterocycles. The van der Waals surface area contributed by atoms with E-state index in [-0.39, 0.29) is 16.7 Å². The molecule has 2 aromatic rings. The van der Waals surface area contributed by atoms with E-state index >= 15 is 0 Å². The molecule has 0 saturated heterocycles. The second-order valence-electron chi connectivity index (χ2n) is 7.08. The van der Waals surface area contributed by atoms with E-state index in [1.165, 1.54) is 36.6 Å². The fraction of sp³-hybridized carbons (Fsp3) is 0.286. The van der Waals surface area contributed by atoms with Gasteiger partial charge in [0, 0.05) is 11.9 Å². The highest BCUT2D eigenvalue weighted by molar-refractivity contribution is 7.16. The summed E-state index contributed by atoms with van der Waals surface area (Å²) in [7, 11) is 1.37. The zero-order valence-corrected chi connectivity index (χ0v) is 16.9. The van der Waals surface area contributed by atoms with E-state index in [1.807, 2.05) is 0 Å². The quantitative estimate of drug-likeness (QED) is 0.597. The van der Waals surface area contributed by atoms with Gasteiger partial charge in [0.05, 0.1) is 22.3 Å². The van der Waals surface area contributed by atoms with E-state index in [2.05, 4.69) is 11.4 Å². The molecule has 4 rings (SSSR count). The number of nitrogens with one attached hydrogen (secondary N) is 1. The van der Waals surface area contributed by atoms with Crippen LogP contribution in [0.4, 0.5) is 5.00 Å². The Morgan fingerprint density at radius 1 is 1.20 bits per heavy atom. The van der Waals surface area contributed by atoms with Gasteiger partial charge in [0.2, 0.25) is 0 Å². The van der Waals surface area contributed by atoms with Crippen molar-refractivity contribution in [3.05, 3.63) is 50.9 Å². The molecule has 2 heterocycles. The van der Waals surface area contributed by atoms with Gasteiger partial charge in [-0.2, -0.15) is 5.26 Å². The average Bonchev–Trinajstić information content (AvgIpc) is 3.21. The zero-order chi connectivity index (χ0) is 21.4. The van der Waals surface area contributed by atoms with E-state index in [1.54, 1.807) is 0 Å². The number of rotatable bonds is 4. The van der Waals surface area contributed by atoms with E-state index in [4.69, 9.17) is 4.74 Å². The number of nitriles is 1. The van der Waals surface area contributed by atoms with Crippen LogP contribution in [-0.4, -0.2) is 42.2 Å². The number of carbonyl (C=O) groups excluding carboxylic acids is 4. The highest BCUT2D eigenvalue weighted by atomic mass is 32.1. The van der Waals surface area contributed by atoms with Crippen LogP contribution in [0.1, 0.15) is 59.9 Å². The molecular weight excluding hydrogens is 406 g/mol. The number of thiophene rings is 1. The lowest BCUT2D eigenvalue weighted by Crippen LogP contribution is -2.24. The molecule has 0 radical (unpaired) electrons. The van der Waals surface area contributed by atoms with Crippen LogP contribution in [-0.2, 0) is 22.4 Å². The van der Waals surface area contributed by atoms with Gasteiger partial charge in [-0.15, -0.1) is 11.3 Å². The van der Waals surface area contributed by atoms with E-state index in [0.717, 1.165) is 41.0 Å². The monoisotopic (exact) mass is 423 g/mol. The number of imide groups is 1. The maximum absolute atomic E-state index is 12.3. The molecule has 0 spiro atoms. The summed E-state index contributed by atoms with van der Waals surface area (Å²) in [6, 6.07) is 6.22. The summed E-state index contributed by atoms with van der Waals surface area (Å²) in [5.74, 6) is -2.26. The molecule has 0 fully saturated rings. The Labute approximate surface area is 176 Å². The third-order valence-corrected chi connectivity index (χ3v) is 6.40. The number of amides is 3.